The van der Waals surface area contributed by atoms with Crippen LogP contribution in [0.4, 0.5) is 0 Å². The summed E-state index contributed by atoms with van der Waals surface area (Å²) in [6.45, 7) is 1.43. The number of ketones is 1. The molecule has 0 radical (unpaired) electrons. The van der Waals surface area contributed by atoms with Gasteiger partial charge in [0.05, 0.1) is 12.7 Å². The molecular weight excluding hydrogens is 324 g/mol. The maximum atomic E-state index is 12.4. The third kappa shape index (κ3) is 3.47. The van der Waals surface area contributed by atoms with E-state index in [0.717, 1.165) is 5.56 Å². The summed E-state index contributed by atoms with van der Waals surface area (Å²) in [6.07, 6.45) is 0.632. The average Bonchev–Trinajstić information content (AvgIpc) is 2.90. The fourth-order valence-electron chi connectivity index (χ4n) is 2.38. The molecule has 128 valence electrons. The molecule has 1 N–H and O–H groups in total. The van der Waals surface area contributed by atoms with E-state index in [2.05, 4.69) is 0 Å². The summed E-state index contributed by atoms with van der Waals surface area (Å²) in [4.78, 5) is 23.3. The van der Waals surface area contributed by atoms with Crippen LogP contribution >= 0.6 is 0 Å². The summed E-state index contributed by atoms with van der Waals surface area (Å²) in [5.41, 5.74) is 1.18. The van der Waals surface area contributed by atoms with Gasteiger partial charge in [-0.25, -0.2) is 4.79 Å². The molecule has 25 heavy (non-hydrogen) atoms. The van der Waals surface area contributed by atoms with E-state index in [4.69, 9.17) is 19.3 Å². The first kappa shape index (κ1) is 16.6. The number of hydrogen-bond acceptors (Lipinski definition) is 5. The number of fused-ring (bicyclic) bond motifs is 1. The first-order valence-corrected chi connectivity index (χ1v) is 7.60. The highest BCUT2D eigenvalue weighted by Crippen LogP contribution is 2.35. The highest BCUT2D eigenvalue weighted by molar-refractivity contribution is 6.14. The minimum atomic E-state index is -1.07. The molecule has 6 nitrogen and oxygen atoms in total. The molecule has 0 bridgehead atoms. The van der Waals surface area contributed by atoms with Gasteiger partial charge in [-0.05, 0) is 42.8 Å². The summed E-state index contributed by atoms with van der Waals surface area (Å²) in [6, 6.07) is 11.9. The number of ether oxygens (including phenoxy) is 3. The van der Waals surface area contributed by atoms with Crippen molar-refractivity contribution in [2.45, 2.75) is 13.0 Å². The molecule has 0 aromatic heterocycles. The van der Waals surface area contributed by atoms with Gasteiger partial charge in [-0.1, -0.05) is 12.1 Å². The smallest absolute Gasteiger partial charge is 0.344 e. The maximum Gasteiger partial charge on any atom is 0.344 e. The normalized spacial score (nSPS) is 15.4. The molecule has 2 aromatic carbocycles. The van der Waals surface area contributed by atoms with Crippen molar-refractivity contribution in [3.63, 3.8) is 0 Å². The second kappa shape index (κ2) is 6.68. The summed E-state index contributed by atoms with van der Waals surface area (Å²) >= 11 is 0. The maximum absolute atomic E-state index is 12.4. The van der Waals surface area contributed by atoms with E-state index < -0.39 is 12.1 Å². The van der Waals surface area contributed by atoms with Crippen molar-refractivity contribution in [3.8, 4) is 17.2 Å². The number of hydrogen-bond donors (Lipinski definition) is 1. The summed E-state index contributed by atoms with van der Waals surface area (Å²) in [5, 5.41) is 8.90. The molecule has 1 atom stereocenters. The van der Waals surface area contributed by atoms with Crippen LogP contribution in [0.15, 0.2) is 48.2 Å². The Morgan fingerprint density at radius 3 is 2.72 bits per heavy atom. The molecule has 0 amide bonds. The lowest BCUT2D eigenvalue weighted by molar-refractivity contribution is -0.144. The Morgan fingerprint density at radius 1 is 1.20 bits per heavy atom. The third-order valence-electron chi connectivity index (χ3n) is 3.69. The molecule has 3 rings (SSSR count). The molecule has 2 aromatic rings. The molecular formula is C19H16O6. The van der Waals surface area contributed by atoms with Crippen LogP contribution in [0.1, 0.15) is 22.8 Å². The SMILES string of the molecule is COc1cccc(C=C2Oc3cc(OC(C)C(=O)O)ccc3C2=O)c1. The molecule has 0 saturated heterocycles. The van der Waals surface area contributed by atoms with Crippen molar-refractivity contribution >= 4 is 17.8 Å². The van der Waals surface area contributed by atoms with Gasteiger partial charge in [-0.2, -0.15) is 0 Å². The lowest BCUT2D eigenvalue weighted by atomic mass is 10.1. The molecule has 0 saturated carbocycles. The van der Waals surface area contributed by atoms with Crippen LogP contribution in [0.3, 0.4) is 0 Å². The van der Waals surface area contributed by atoms with Gasteiger partial charge in [0.1, 0.15) is 17.2 Å². The second-order valence-electron chi connectivity index (χ2n) is 5.47. The number of carbonyl (C=O) groups is 2. The van der Waals surface area contributed by atoms with Crippen molar-refractivity contribution in [3.05, 3.63) is 59.4 Å². The Labute approximate surface area is 144 Å². The van der Waals surface area contributed by atoms with Crippen molar-refractivity contribution in [1.29, 1.82) is 0 Å². The van der Waals surface area contributed by atoms with E-state index in [-0.39, 0.29) is 11.5 Å². The van der Waals surface area contributed by atoms with E-state index in [0.29, 0.717) is 22.8 Å². The Morgan fingerprint density at radius 2 is 2.00 bits per heavy atom. The fraction of sp³-hybridized carbons (Fsp3) is 0.158. The van der Waals surface area contributed by atoms with E-state index >= 15 is 0 Å². The van der Waals surface area contributed by atoms with Crippen molar-refractivity contribution in [2.24, 2.45) is 0 Å². The van der Waals surface area contributed by atoms with Gasteiger partial charge in [0.25, 0.3) is 0 Å². The lowest BCUT2D eigenvalue weighted by Gasteiger charge is -2.10. The average molecular weight is 340 g/mol. The first-order valence-electron chi connectivity index (χ1n) is 7.60. The van der Waals surface area contributed by atoms with Gasteiger partial charge in [0, 0.05) is 6.07 Å². The Kier molecular flexibility index (Phi) is 4.43. The van der Waals surface area contributed by atoms with Crippen molar-refractivity contribution < 1.29 is 28.9 Å². The number of aliphatic carboxylic acids is 1. The predicted molar refractivity (Wildman–Crippen MR) is 90.1 cm³/mol. The number of Topliss-reactive ketones (excluding diaryl/α,β-unsaturated/α-hetero) is 1. The minimum absolute atomic E-state index is 0.187. The van der Waals surface area contributed by atoms with Crippen LogP contribution in [0.25, 0.3) is 6.08 Å². The van der Waals surface area contributed by atoms with Gasteiger partial charge in [0.2, 0.25) is 5.78 Å². The predicted octanol–water partition coefficient (Wildman–Crippen LogP) is 3.16. The number of benzene rings is 2. The number of carboxylic acid groups (broad SMARTS) is 1. The summed E-state index contributed by atoms with van der Waals surface area (Å²) in [7, 11) is 1.57. The largest absolute Gasteiger partial charge is 0.497 e. The zero-order valence-corrected chi connectivity index (χ0v) is 13.7. The molecule has 0 fully saturated rings. The van der Waals surface area contributed by atoms with E-state index in [9.17, 15) is 9.59 Å². The topological polar surface area (TPSA) is 82.1 Å². The first-order chi connectivity index (χ1) is 12.0. The van der Waals surface area contributed by atoms with Gasteiger partial charge in [-0.3, -0.25) is 4.79 Å². The van der Waals surface area contributed by atoms with Crippen molar-refractivity contribution in [2.75, 3.05) is 7.11 Å². The number of rotatable bonds is 5. The van der Waals surface area contributed by atoms with Gasteiger partial charge in [0.15, 0.2) is 11.9 Å². The Bertz CT molecular complexity index is 868. The molecule has 1 aliphatic rings. The second-order valence-corrected chi connectivity index (χ2v) is 5.47. The third-order valence-corrected chi connectivity index (χ3v) is 3.69. The Balaban J connectivity index is 1.85. The van der Waals surface area contributed by atoms with Crippen LogP contribution in [-0.2, 0) is 4.79 Å². The van der Waals surface area contributed by atoms with Crippen LogP contribution < -0.4 is 14.2 Å². The number of methoxy groups -OCH3 is 1. The monoisotopic (exact) mass is 340 g/mol. The van der Waals surface area contributed by atoms with Gasteiger partial charge in [-0.15, -0.1) is 0 Å². The van der Waals surface area contributed by atoms with E-state index in [1.54, 1.807) is 37.5 Å². The molecule has 6 heteroatoms. The molecule has 1 heterocycles. The molecule has 1 unspecified atom stereocenters. The van der Waals surface area contributed by atoms with E-state index in [1.165, 1.54) is 13.0 Å². The summed E-state index contributed by atoms with van der Waals surface area (Å²) in [5.74, 6) is 0.215. The zero-order chi connectivity index (χ0) is 18.0. The number of allylic oxidation sites excluding steroid dienone is 1. The van der Waals surface area contributed by atoms with Crippen molar-refractivity contribution in [1.82, 2.24) is 0 Å². The quantitative estimate of drug-likeness (QED) is 0.842. The molecule has 0 spiro atoms. The Hall–Kier alpha value is -3.28. The highest BCUT2D eigenvalue weighted by Gasteiger charge is 2.28. The van der Waals surface area contributed by atoms with Crippen LogP contribution in [0.2, 0.25) is 0 Å². The van der Waals surface area contributed by atoms with Crippen LogP contribution in [-0.4, -0.2) is 30.1 Å². The minimum Gasteiger partial charge on any atom is -0.497 e. The fourth-order valence-corrected chi connectivity index (χ4v) is 2.38. The number of carbonyl (C=O) groups excluding carboxylic acids is 1. The van der Waals surface area contributed by atoms with Gasteiger partial charge < -0.3 is 19.3 Å². The van der Waals surface area contributed by atoms with Crippen LogP contribution in [0.5, 0.6) is 17.2 Å². The lowest BCUT2D eigenvalue weighted by Crippen LogP contribution is -2.22. The number of carboxylic acids is 1. The summed E-state index contributed by atoms with van der Waals surface area (Å²) < 4.78 is 16.1. The molecule has 1 aliphatic heterocycles. The van der Waals surface area contributed by atoms with E-state index in [1.807, 2.05) is 12.1 Å². The molecule has 0 aliphatic carbocycles. The highest BCUT2D eigenvalue weighted by atomic mass is 16.5. The van der Waals surface area contributed by atoms with Gasteiger partial charge >= 0.3 is 5.97 Å². The zero-order valence-electron chi connectivity index (χ0n) is 13.7. The van der Waals surface area contributed by atoms with Crippen LogP contribution in [0, 0.1) is 0 Å². The standard InChI is InChI=1S/C19H16O6/c1-11(19(21)22)24-14-6-7-15-16(10-14)25-17(18(15)20)9-12-4-3-5-13(8-12)23-2/h3-11H,1-2H3,(H,21,22).